The zero-order chi connectivity index (χ0) is 26.5. The van der Waals surface area contributed by atoms with Crippen LogP contribution in [0.1, 0.15) is 116 Å². The van der Waals surface area contributed by atoms with Crippen LogP contribution in [0.5, 0.6) is 0 Å². The van der Waals surface area contributed by atoms with Gasteiger partial charge in [0.2, 0.25) is 0 Å². The Hall–Kier alpha value is -2.73. The lowest BCUT2D eigenvalue weighted by Crippen LogP contribution is -2.34. The fourth-order valence-corrected chi connectivity index (χ4v) is 4.86. The summed E-state index contributed by atoms with van der Waals surface area (Å²) >= 11 is 0. The van der Waals surface area contributed by atoms with Gasteiger partial charge in [-0.3, -0.25) is 9.36 Å². The first-order chi connectivity index (χ1) is 18.0. The Morgan fingerprint density at radius 1 is 1.14 bits per heavy atom. The maximum absolute atomic E-state index is 13.7. The quantitative estimate of drug-likeness (QED) is 0.115. The minimum Gasteiger partial charge on any atom is -0.462 e. The molecule has 2 N–H and O–H groups in total. The Bertz CT molecular complexity index is 1040. The highest BCUT2D eigenvalue weighted by Gasteiger charge is 2.41. The lowest BCUT2D eigenvalue weighted by atomic mass is 10.0. The number of aromatic nitrogens is 4. The van der Waals surface area contributed by atoms with Crippen LogP contribution in [-0.2, 0) is 14.3 Å². The van der Waals surface area contributed by atoms with Crippen molar-refractivity contribution < 1.29 is 18.7 Å². The predicted octanol–water partition coefficient (Wildman–Crippen LogP) is 6.25. The van der Waals surface area contributed by atoms with E-state index in [2.05, 4.69) is 27.8 Å². The van der Waals surface area contributed by atoms with E-state index < -0.39 is 17.9 Å². The minimum atomic E-state index is -1.04. The van der Waals surface area contributed by atoms with Gasteiger partial charge in [0.15, 0.2) is 22.6 Å². The van der Waals surface area contributed by atoms with Gasteiger partial charge in [-0.05, 0) is 19.3 Å². The maximum Gasteiger partial charge on any atom is 0.312 e. The largest absolute Gasteiger partial charge is 0.462 e. The van der Waals surface area contributed by atoms with Crippen molar-refractivity contribution in [2.24, 2.45) is 0 Å². The summed E-state index contributed by atoms with van der Waals surface area (Å²) in [7, 11) is 0. The average molecular weight is 516 g/mol. The van der Waals surface area contributed by atoms with Crippen molar-refractivity contribution in [1.82, 2.24) is 19.5 Å². The number of anilines is 1. The van der Waals surface area contributed by atoms with Gasteiger partial charge in [0.1, 0.15) is 12.8 Å². The van der Waals surface area contributed by atoms with E-state index >= 15 is 0 Å². The Morgan fingerprint density at radius 3 is 2.38 bits per heavy atom. The molecule has 8 nitrogen and oxygen atoms in total. The number of imidazole rings is 1. The normalized spacial score (nSPS) is 19.3. The molecule has 3 heterocycles. The number of hydrogen-bond acceptors (Lipinski definition) is 7. The second kappa shape index (κ2) is 14.9. The Kier molecular flexibility index (Phi) is 11.6. The molecule has 0 saturated carbocycles. The summed E-state index contributed by atoms with van der Waals surface area (Å²) in [4.78, 5) is 23.7. The van der Waals surface area contributed by atoms with E-state index in [1.165, 1.54) is 70.5 Å². The molecule has 1 fully saturated rings. The van der Waals surface area contributed by atoms with Crippen LogP contribution in [0.15, 0.2) is 6.33 Å². The standard InChI is InChI=1S/C28H42FN5O3/c1-3-5-6-7-8-9-10-11-12-13-14-15-16-17-23(35)36-20-28(4-2)19-18-22(37-28)34-21-31-24-25(30)32-27(29)33-26(24)34/h2,21-22H,3,5-20H2,1H3,(H2,30,32,33)/t22-,28+/m1/s1. The molecule has 3 rings (SSSR count). The third-order valence-corrected chi connectivity index (χ3v) is 7.10. The van der Waals surface area contributed by atoms with Crippen LogP contribution >= 0.6 is 0 Å². The van der Waals surface area contributed by atoms with Gasteiger partial charge in [-0.15, -0.1) is 6.42 Å². The summed E-state index contributed by atoms with van der Waals surface area (Å²) in [6, 6.07) is 0. The topological polar surface area (TPSA) is 105 Å². The molecule has 1 saturated heterocycles. The van der Waals surface area contributed by atoms with Crippen molar-refractivity contribution in [3.8, 4) is 12.3 Å². The van der Waals surface area contributed by atoms with Crippen LogP contribution in [-0.4, -0.2) is 37.7 Å². The SMILES string of the molecule is C#C[C@@]1(COC(=O)CCCCCCCCCCCCCCC)CC[C@H](n2cnc3c(N)nc(F)nc32)O1. The lowest BCUT2D eigenvalue weighted by Gasteiger charge is -2.23. The first-order valence-corrected chi connectivity index (χ1v) is 13.9. The van der Waals surface area contributed by atoms with E-state index in [1.807, 2.05) is 0 Å². The summed E-state index contributed by atoms with van der Waals surface area (Å²) in [6.45, 7) is 2.23. The number of hydrogen-bond donors (Lipinski definition) is 1. The van der Waals surface area contributed by atoms with Crippen molar-refractivity contribution in [2.45, 2.75) is 121 Å². The molecule has 1 aliphatic heterocycles. The lowest BCUT2D eigenvalue weighted by molar-refractivity contribution is -0.152. The van der Waals surface area contributed by atoms with Gasteiger partial charge in [0, 0.05) is 6.42 Å². The first-order valence-electron chi connectivity index (χ1n) is 13.9. The molecule has 0 radical (unpaired) electrons. The molecular weight excluding hydrogens is 473 g/mol. The van der Waals surface area contributed by atoms with E-state index in [0.29, 0.717) is 24.8 Å². The number of esters is 1. The van der Waals surface area contributed by atoms with Crippen LogP contribution in [0.4, 0.5) is 10.2 Å². The van der Waals surface area contributed by atoms with Gasteiger partial charge in [-0.25, -0.2) is 4.98 Å². The summed E-state index contributed by atoms with van der Waals surface area (Å²) in [5, 5.41) is 0. The number of nitrogens with two attached hydrogens (primary N) is 1. The molecule has 1 aliphatic rings. The number of nitrogens with zero attached hydrogens (tertiary/aromatic N) is 4. The molecular formula is C28H42FN5O3. The fraction of sp³-hybridized carbons (Fsp3) is 0.714. The molecule has 0 aliphatic carbocycles. The third kappa shape index (κ3) is 8.67. The predicted molar refractivity (Wildman–Crippen MR) is 142 cm³/mol. The summed E-state index contributed by atoms with van der Waals surface area (Å²) in [5.74, 6) is 2.35. The highest BCUT2D eigenvalue weighted by Crippen LogP contribution is 2.38. The smallest absolute Gasteiger partial charge is 0.312 e. The van der Waals surface area contributed by atoms with Gasteiger partial charge >= 0.3 is 12.0 Å². The van der Waals surface area contributed by atoms with E-state index in [9.17, 15) is 9.18 Å². The number of halogens is 1. The first kappa shape index (κ1) is 28.8. The molecule has 0 aromatic carbocycles. The fourth-order valence-electron chi connectivity index (χ4n) is 4.86. The molecule has 0 spiro atoms. The van der Waals surface area contributed by atoms with Crippen LogP contribution in [0.3, 0.4) is 0 Å². The molecule has 2 aromatic heterocycles. The van der Waals surface area contributed by atoms with Gasteiger partial charge < -0.3 is 15.2 Å². The van der Waals surface area contributed by atoms with E-state index in [-0.39, 0.29) is 24.0 Å². The summed E-state index contributed by atoms with van der Waals surface area (Å²) in [6.07, 6.45) is 23.5. The van der Waals surface area contributed by atoms with Crippen molar-refractivity contribution in [1.29, 1.82) is 0 Å². The van der Waals surface area contributed by atoms with Crippen LogP contribution < -0.4 is 5.73 Å². The van der Waals surface area contributed by atoms with Crippen LogP contribution in [0, 0.1) is 18.4 Å². The molecule has 9 heteroatoms. The minimum absolute atomic E-state index is 0.0185. The second-order valence-electron chi connectivity index (χ2n) is 10.1. The van der Waals surface area contributed by atoms with E-state index in [1.54, 1.807) is 4.57 Å². The molecule has 204 valence electrons. The highest BCUT2D eigenvalue weighted by molar-refractivity contribution is 5.81. The van der Waals surface area contributed by atoms with Gasteiger partial charge in [-0.1, -0.05) is 89.9 Å². The third-order valence-electron chi connectivity index (χ3n) is 7.10. The van der Waals surface area contributed by atoms with Gasteiger partial charge in [0.25, 0.3) is 0 Å². The second-order valence-corrected chi connectivity index (χ2v) is 10.1. The molecule has 2 aromatic rings. The molecule has 0 amide bonds. The summed E-state index contributed by atoms with van der Waals surface area (Å²) in [5.41, 5.74) is 5.24. The summed E-state index contributed by atoms with van der Waals surface area (Å²) < 4.78 is 26.8. The Balaban J connectivity index is 1.29. The van der Waals surface area contributed by atoms with Crippen molar-refractivity contribution >= 4 is 23.0 Å². The molecule has 37 heavy (non-hydrogen) atoms. The maximum atomic E-state index is 13.7. The molecule has 2 atom stereocenters. The van der Waals surface area contributed by atoms with E-state index in [0.717, 1.165) is 19.3 Å². The number of rotatable bonds is 17. The zero-order valence-corrected chi connectivity index (χ0v) is 22.2. The number of carbonyl (C=O) groups excluding carboxylic acids is 1. The van der Waals surface area contributed by atoms with Crippen LogP contribution in [0.2, 0.25) is 0 Å². The Morgan fingerprint density at radius 2 is 1.76 bits per heavy atom. The van der Waals surface area contributed by atoms with Gasteiger partial charge in [-0.2, -0.15) is 14.4 Å². The highest BCUT2D eigenvalue weighted by atomic mass is 19.1. The zero-order valence-electron chi connectivity index (χ0n) is 22.2. The number of nitrogen functional groups attached to an aromatic ring is 1. The van der Waals surface area contributed by atoms with Crippen LogP contribution in [0.25, 0.3) is 11.2 Å². The number of fused-ring (bicyclic) bond motifs is 1. The number of ether oxygens (including phenoxy) is 2. The Labute approximate surface area is 219 Å². The molecule has 0 unspecified atom stereocenters. The number of terminal acetylenes is 1. The van der Waals surface area contributed by atoms with Crippen molar-refractivity contribution in [2.75, 3.05) is 12.3 Å². The average Bonchev–Trinajstić information content (AvgIpc) is 3.50. The number of unbranched alkanes of at least 4 members (excludes halogenated alkanes) is 12. The monoisotopic (exact) mass is 515 g/mol. The van der Waals surface area contributed by atoms with Gasteiger partial charge in [0.05, 0.1) is 6.33 Å². The van der Waals surface area contributed by atoms with Crippen molar-refractivity contribution in [3.63, 3.8) is 0 Å². The van der Waals surface area contributed by atoms with E-state index in [4.69, 9.17) is 21.6 Å². The number of carbonyl (C=O) groups is 1. The van der Waals surface area contributed by atoms with Crippen molar-refractivity contribution in [3.05, 3.63) is 12.4 Å². The molecule has 0 bridgehead atoms.